The summed E-state index contributed by atoms with van der Waals surface area (Å²) in [5.41, 5.74) is -2.80. The van der Waals surface area contributed by atoms with Crippen LogP contribution in [0.1, 0.15) is 28.8 Å². The molecular weight excluding hydrogens is 484 g/mol. The number of alkyl halides is 6. The molecule has 182 valence electrons. The summed E-state index contributed by atoms with van der Waals surface area (Å²) in [5, 5.41) is 12.9. The molecular formula is C22H13F6N3O4. The Morgan fingerprint density at radius 2 is 1.54 bits per heavy atom. The van der Waals surface area contributed by atoms with E-state index in [2.05, 4.69) is 10.1 Å². The zero-order chi connectivity index (χ0) is 25.5. The Bertz CT molecular complexity index is 1400. The molecule has 4 aromatic rings. The first-order valence-corrected chi connectivity index (χ1v) is 9.83. The number of benzene rings is 2. The SMILES string of the molecule is O=C(O)CCC(=O)n1ccc2cc(-c3noc(-c4cc(C(F)(F)F)cc(C(F)(F)F)c4)n3)ccc21. The number of carbonyl (C=O) groups excluding carboxylic acids is 1. The third kappa shape index (κ3) is 5.03. The van der Waals surface area contributed by atoms with Crippen LogP contribution in [0, 0.1) is 0 Å². The molecule has 0 atom stereocenters. The van der Waals surface area contributed by atoms with E-state index < -0.39 is 46.8 Å². The first-order chi connectivity index (χ1) is 16.3. The summed E-state index contributed by atoms with van der Waals surface area (Å²) in [5.74, 6) is -2.20. The van der Waals surface area contributed by atoms with Gasteiger partial charge in [0.05, 0.1) is 23.1 Å². The van der Waals surface area contributed by atoms with Crippen molar-refractivity contribution in [2.24, 2.45) is 0 Å². The number of carboxylic acid groups (broad SMARTS) is 1. The molecule has 0 spiro atoms. The van der Waals surface area contributed by atoms with E-state index in [1.54, 1.807) is 6.07 Å². The highest BCUT2D eigenvalue weighted by atomic mass is 19.4. The summed E-state index contributed by atoms with van der Waals surface area (Å²) in [7, 11) is 0. The molecule has 35 heavy (non-hydrogen) atoms. The van der Waals surface area contributed by atoms with Crippen LogP contribution in [-0.2, 0) is 17.1 Å². The second-order valence-electron chi connectivity index (χ2n) is 7.46. The number of hydrogen-bond acceptors (Lipinski definition) is 5. The number of halogens is 6. The lowest BCUT2D eigenvalue weighted by Crippen LogP contribution is -2.11. The number of rotatable bonds is 5. The van der Waals surface area contributed by atoms with Crippen LogP contribution >= 0.6 is 0 Å². The zero-order valence-corrected chi connectivity index (χ0v) is 17.3. The fraction of sp³-hybridized carbons (Fsp3) is 0.182. The lowest BCUT2D eigenvalue weighted by atomic mass is 10.0. The molecule has 0 aliphatic heterocycles. The van der Waals surface area contributed by atoms with Crippen LogP contribution in [-0.4, -0.2) is 31.7 Å². The lowest BCUT2D eigenvalue weighted by Gasteiger charge is -2.12. The highest BCUT2D eigenvalue weighted by molar-refractivity contribution is 5.95. The molecule has 0 bridgehead atoms. The lowest BCUT2D eigenvalue weighted by molar-refractivity contribution is -0.143. The van der Waals surface area contributed by atoms with Gasteiger partial charge < -0.3 is 9.63 Å². The molecule has 1 N–H and O–H groups in total. The number of hydrogen-bond donors (Lipinski definition) is 1. The number of nitrogens with zero attached hydrogens (tertiary/aromatic N) is 3. The highest BCUT2D eigenvalue weighted by Crippen LogP contribution is 2.38. The van der Waals surface area contributed by atoms with Crippen molar-refractivity contribution in [2.75, 3.05) is 0 Å². The molecule has 0 saturated heterocycles. The van der Waals surface area contributed by atoms with Crippen molar-refractivity contribution in [2.45, 2.75) is 25.2 Å². The summed E-state index contributed by atoms with van der Waals surface area (Å²) >= 11 is 0. The van der Waals surface area contributed by atoms with Crippen molar-refractivity contribution in [3.63, 3.8) is 0 Å². The van der Waals surface area contributed by atoms with E-state index in [0.717, 1.165) is 0 Å². The Morgan fingerprint density at radius 3 is 2.14 bits per heavy atom. The van der Waals surface area contributed by atoms with Gasteiger partial charge >= 0.3 is 18.3 Å². The van der Waals surface area contributed by atoms with Crippen molar-refractivity contribution in [3.05, 3.63) is 59.8 Å². The molecule has 4 rings (SSSR count). The second-order valence-corrected chi connectivity index (χ2v) is 7.46. The Balaban J connectivity index is 1.68. The Morgan fingerprint density at radius 1 is 0.886 bits per heavy atom. The van der Waals surface area contributed by atoms with Crippen molar-refractivity contribution in [1.82, 2.24) is 14.7 Å². The van der Waals surface area contributed by atoms with E-state index in [0.29, 0.717) is 28.6 Å². The Labute approximate surface area is 191 Å². The quantitative estimate of drug-likeness (QED) is 0.345. The molecule has 13 heteroatoms. The molecule has 2 aromatic heterocycles. The van der Waals surface area contributed by atoms with Gasteiger partial charge in [0.15, 0.2) is 0 Å². The van der Waals surface area contributed by atoms with E-state index in [4.69, 9.17) is 9.63 Å². The Kier molecular flexibility index (Phi) is 5.87. The van der Waals surface area contributed by atoms with E-state index >= 15 is 0 Å². The zero-order valence-electron chi connectivity index (χ0n) is 17.3. The summed E-state index contributed by atoms with van der Waals surface area (Å²) in [4.78, 5) is 26.9. The van der Waals surface area contributed by atoms with Gasteiger partial charge in [0.1, 0.15) is 0 Å². The maximum atomic E-state index is 13.1. The monoisotopic (exact) mass is 497 g/mol. The number of carbonyl (C=O) groups is 2. The standard InChI is InChI=1S/C22H13F6N3O4/c23-21(24,25)14-8-13(9-15(10-14)22(26,27)28)20-29-19(30-35-20)12-1-2-16-11(7-12)5-6-31(16)17(32)3-4-18(33)34/h1-2,5-10H,3-4H2,(H,33,34). The molecule has 0 amide bonds. The van der Waals surface area contributed by atoms with Gasteiger partial charge in [0, 0.05) is 29.1 Å². The van der Waals surface area contributed by atoms with Gasteiger partial charge in [-0.25, -0.2) is 0 Å². The smallest absolute Gasteiger partial charge is 0.416 e. The average molecular weight is 497 g/mol. The maximum Gasteiger partial charge on any atom is 0.416 e. The minimum atomic E-state index is -5.03. The minimum Gasteiger partial charge on any atom is -0.481 e. The molecule has 0 aliphatic carbocycles. The molecule has 2 heterocycles. The van der Waals surface area contributed by atoms with Crippen LogP contribution < -0.4 is 0 Å². The largest absolute Gasteiger partial charge is 0.481 e. The van der Waals surface area contributed by atoms with Crippen LogP contribution in [0.4, 0.5) is 26.3 Å². The topological polar surface area (TPSA) is 98.2 Å². The van der Waals surface area contributed by atoms with Crippen LogP contribution in [0.2, 0.25) is 0 Å². The van der Waals surface area contributed by atoms with E-state index in [1.165, 1.54) is 29.0 Å². The normalized spacial score (nSPS) is 12.3. The van der Waals surface area contributed by atoms with Crippen LogP contribution in [0.25, 0.3) is 33.7 Å². The molecule has 7 nitrogen and oxygen atoms in total. The Hall–Kier alpha value is -4.16. The van der Waals surface area contributed by atoms with E-state index in [-0.39, 0.29) is 24.7 Å². The summed E-state index contributed by atoms with van der Waals surface area (Å²) in [6, 6.07) is 7.07. The molecule has 0 aliphatic rings. The van der Waals surface area contributed by atoms with Crippen molar-refractivity contribution < 1.29 is 45.6 Å². The highest BCUT2D eigenvalue weighted by Gasteiger charge is 2.37. The summed E-state index contributed by atoms with van der Waals surface area (Å²) in [6.07, 6.45) is -9.17. The van der Waals surface area contributed by atoms with Crippen LogP contribution in [0.5, 0.6) is 0 Å². The van der Waals surface area contributed by atoms with Crippen LogP contribution in [0.3, 0.4) is 0 Å². The van der Waals surface area contributed by atoms with Gasteiger partial charge in [-0.05, 0) is 42.5 Å². The van der Waals surface area contributed by atoms with Gasteiger partial charge in [0.2, 0.25) is 11.7 Å². The second kappa shape index (κ2) is 8.56. The summed E-state index contributed by atoms with van der Waals surface area (Å²) < 4.78 is 85.0. The molecule has 2 aromatic carbocycles. The predicted molar refractivity (Wildman–Crippen MR) is 108 cm³/mol. The summed E-state index contributed by atoms with van der Waals surface area (Å²) in [6.45, 7) is 0. The van der Waals surface area contributed by atoms with Crippen molar-refractivity contribution >= 4 is 22.8 Å². The predicted octanol–water partition coefficient (Wildman–Crippen LogP) is 5.90. The first kappa shape index (κ1) is 24.0. The number of aromatic nitrogens is 3. The maximum absolute atomic E-state index is 13.1. The third-order valence-corrected chi connectivity index (χ3v) is 5.03. The fourth-order valence-electron chi connectivity index (χ4n) is 3.37. The van der Waals surface area contributed by atoms with Gasteiger partial charge in [-0.15, -0.1) is 0 Å². The first-order valence-electron chi connectivity index (χ1n) is 9.83. The number of carboxylic acids is 1. The van der Waals surface area contributed by atoms with Gasteiger partial charge in [-0.3, -0.25) is 14.2 Å². The molecule has 0 fully saturated rings. The van der Waals surface area contributed by atoms with Crippen molar-refractivity contribution in [1.29, 1.82) is 0 Å². The van der Waals surface area contributed by atoms with E-state index in [1.807, 2.05) is 0 Å². The van der Waals surface area contributed by atoms with Gasteiger partial charge in [-0.2, -0.15) is 31.3 Å². The van der Waals surface area contributed by atoms with Gasteiger partial charge in [0.25, 0.3) is 5.89 Å². The third-order valence-electron chi connectivity index (χ3n) is 5.03. The van der Waals surface area contributed by atoms with E-state index in [9.17, 15) is 35.9 Å². The molecule has 0 saturated carbocycles. The fourth-order valence-corrected chi connectivity index (χ4v) is 3.37. The molecule has 0 unspecified atom stereocenters. The average Bonchev–Trinajstić information content (AvgIpc) is 3.43. The van der Waals surface area contributed by atoms with Crippen molar-refractivity contribution in [3.8, 4) is 22.8 Å². The minimum absolute atomic E-state index is 0.00286. The number of aliphatic carboxylic acids is 1. The molecule has 0 radical (unpaired) electrons. The number of fused-ring (bicyclic) bond motifs is 1. The van der Waals surface area contributed by atoms with Gasteiger partial charge in [-0.1, -0.05) is 5.16 Å². The van der Waals surface area contributed by atoms with Crippen LogP contribution in [0.15, 0.2) is 53.2 Å².